The summed E-state index contributed by atoms with van der Waals surface area (Å²) in [4.78, 5) is 12.5. The van der Waals surface area contributed by atoms with Gasteiger partial charge in [0.1, 0.15) is 11.5 Å². The summed E-state index contributed by atoms with van der Waals surface area (Å²) in [5, 5.41) is 0. The van der Waals surface area contributed by atoms with Crippen LogP contribution in [-0.4, -0.2) is 19.2 Å². The molecule has 0 radical (unpaired) electrons. The van der Waals surface area contributed by atoms with Crippen LogP contribution in [0.5, 0.6) is 17.2 Å². The second-order valence-electron chi connectivity index (χ2n) is 11.5. The molecule has 1 fully saturated rings. The molecule has 0 heterocycles. The van der Waals surface area contributed by atoms with E-state index in [9.17, 15) is 13.6 Å². The lowest BCUT2D eigenvalue weighted by Gasteiger charge is -2.31. The van der Waals surface area contributed by atoms with Crippen LogP contribution < -0.4 is 14.2 Å². The Morgan fingerprint density at radius 3 is 1.98 bits per heavy atom. The third-order valence-corrected chi connectivity index (χ3v) is 8.29. The minimum Gasteiger partial charge on any atom is -0.494 e. The number of carbonyl (C=O) groups is 1. The first-order valence-electron chi connectivity index (χ1n) is 16.1. The van der Waals surface area contributed by atoms with Crippen molar-refractivity contribution in [2.45, 2.75) is 117 Å². The number of ether oxygens (including phenoxy) is 3. The molecular weight excluding hydrogens is 522 g/mol. The van der Waals surface area contributed by atoms with Gasteiger partial charge in [0, 0.05) is 0 Å². The number of unbranched alkanes of at least 4 members (excludes halogenated alkanes) is 7. The van der Waals surface area contributed by atoms with Crippen LogP contribution in [0.4, 0.5) is 8.78 Å². The van der Waals surface area contributed by atoms with Crippen molar-refractivity contribution in [1.82, 2.24) is 0 Å². The van der Waals surface area contributed by atoms with Gasteiger partial charge in [-0.15, -0.1) is 0 Å². The first kappa shape index (κ1) is 32.9. The highest BCUT2D eigenvalue weighted by atomic mass is 19.2. The topological polar surface area (TPSA) is 44.8 Å². The molecule has 4 nitrogen and oxygen atoms in total. The van der Waals surface area contributed by atoms with Crippen molar-refractivity contribution in [3.05, 3.63) is 53.6 Å². The summed E-state index contributed by atoms with van der Waals surface area (Å²) < 4.78 is 45.8. The molecule has 228 valence electrons. The number of halogens is 2. The van der Waals surface area contributed by atoms with Gasteiger partial charge in [0.05, 0.1) is 18.8 Å². The Morgan fingerprint density at radius 2 is 1.27 bits per heavy atom. The molecule has 1 saturated carbocycles. The maximum absolute atomic E-state index is 14.6. The van der Waals surface area contributed by atoms with Crippen molar-refractivity contribution in [3.8, 4) is 17.2 Å². The molecule has 0 amide bonds. The predicted octanol–water partition coefficient (Wildman–Crippen LogP) is 10.5. The van der Waals surface area contributed by atoms with Gasteiger partial charge >= 0.3 is 5.97 Å². The molecule has 0 aromatic heterocycles. The fourth-order valence-corrected chi connectivity index (χ4v) is 5.87. The van der Waals surface area contributed by atoms with Crippen molar-refractivity contribution in [3.63, 3.8) is 0 Å². The van der Waals surface area contributed by atoms with Crippen LogP contribution in [0.15, 0.2) is 36.4 Å². The van der Waals surface area contributed by atoms with E-state index in [-0.39, 0.29) is 11.5 Å². The standard InChI is InChI=1S/C35H50F2O4/c1-3-5-7-8-9-13-25-40-32-24-23-31(33(36)34(32)37)35(38)41-30-21-19-29(20-22-30)39-26-14-18-28-17-12-11-16-27(28)15-10-6-4-2/h19-24,27-28H,3-18,25-26H2,1-2H3. The van der Waals surface area contributed by atoms with Crippen LogP contribution in [0, 0.1) is 23.5 Å². The van der Waals surface area contributed by atoms with E-state index in [1.54, 1.807) is 24.3 Å². The smallest absolute Gasteiger partial charge is 0.346 e. The highest BCUT2D eigenvalue weighted by Crippen LogP contribution is 2.36. The molecule has 2 unspecified atom stereocenters. The second-order valence-corrected chi connectivity index (χ2v) is 11.5. The number of benzene rings is 2. The fourth-order valence-electron chi connectivity index (χ4n) is 5.87. The van der Waals surface area contributed by atoms with Gasteiger partial charge in [0.25, 0.3) is 0 Å². The lowest BCUT2D eigenvalue weighted by Crippen LogP contribution is -2.20. The molecule has 2 aromatic rings. The van der Waals surface area contributed by atoms with Crippen molar-refractivity contribution in [2.75, 3.05) is 13.2 Å². The largest absolute Gasteiger partial charge is 0.494 e. The van der Waals surface area contributed by atoms with Gasteiger partial charge in [-0.25, -0.2) is 9.18 Å². The molecule has 6 heteroatoms. The van der Waals surface area contributed by atoms with Gasteiger partial charge in [-0.1, -0.05) is 97.3 Å². The van der Waals surface area contributed by atoms with Crippen molar-refractivity contribution in [1.29, 1.82) is 0 Å². The highest BCUT2D eigenvalue weighted by molar-refractivity contribution is 5.91. The van der Waals surface area contributed by atoms with Crippen LogP contribution >= 0.6 is 0 Å². The van der Waals surface area contributed by atoms with Crippen molar-refractivity contribution >= 4 is 5.97 Å². The maximum atomic E-state index is 14.6. The molecule has 2 atom stereocenters. The first-order valence-corrected chi connectivity index (χ1v) is 16.1. The Morgan fingerprint density at radius 1 is 0.683 bits per heavy atom. The number of rotatable bonds is 19. The number of esters is 1. The Balaban J connectivity index is 1.40. The van der Waals surface area contributed by atoms with E-state index < -0.39 is 23.2 Å². The normalized spacial score (nSPS) is 16.9. The molecule has 2 aromatic carbocycles. The summed E-state index contributed by atoms with van der Waals surface area (Å²) in [7, 11) is 0. The Bertz CT molecular complexity index is 1020. The second kappa shape index (κ2) is 18.7. The van der Waals surface area contributed by atoms with E-state index >= 15 is 0 Å². The van der Waals surface area contributed by atoms with Crippen LogP contribution in [0.25, 0.3) is 0 Å². The van der Waals surface area contributed by atoms with Crippen LogP contribution in [0.2, 0.25) is 0 Å². The van der Waals surface area contributed by atoms with Crippen molar-refractivity contribution < 1.29 is 27.8 Å². The molecule has 41 heavy (non-hydrogen) atoms. The molecule has 0 N–H and O–H groups in total. The lowest BCUT2D eigenvalue weighted by molar-refractivity contribution is 0.0728. The average molecular weight is 573 g/mol. The minimum atomic E-state index is -1.26. The van der Waals surface area contributed by atoms with Crippen LogP contribution in [0.3, 0.4) is 0 Å². The van der Waals surface area contributed by atoms with E-state index in [0.717, 1.165) is 37.5 Å². The Labute approximate surface area is 246 Å². The van der Waals surface area contributed by atoms with E-state index in [0.29, 0.717) is 19.0 Å². The summed E-state index contributed by atoms with van der Waals surface area (Å²) in [5.74, 6) is -0.966. The van der Waals surface area contributed by atoms with Crippen molar-refractivity contribution in [2.24, 2.45) is 11.8 Å². The van der Waals surface area contributed by atoms with Gasteiger partial charge in [0.2, 0.25) is 5.82 Å². The molecule has 1 aliphatic rings. The van der Waals surface area contributed by atoms with Gasteiger partial charge < -0.3 is 14.2 Å². The van der Waals surface area contributed by atoms with Gasteiger partial charge in [0.15, 0.2) is 11.6 Å². The summed E-state index contributed by atoms with van der Waals surface area (Å²) in [6, 6.07) is 9.15. The Kier molecular flexibility index (Phi) is 15.0. The van der Waals surface area contributed by atoms with E-state index in [2.05, 4.69) is 13.8 Å². The zero-order valence-corrected chi connectivity index (χ0v) is 25.2. The quantitative estimate of drug-likeness (QED) is 0.0954. The van der Waals surface area contributed by atoms with Gasteiger partial charge in [-0.05, 0) is 67.5 Å². The number of hydrogen-bond acceptors (Lipinski definition) is 4. The lowest BCUT2D eigenvalue weighted by atomic mass is 9.74. The van der Waals surface area contributed by atoms with Crippen LogP contribution in [-0.2, 0) is 0 Å². The summed E-state index contributed by atoms with van der Waals surface area (Å²) in [5.41, 5.74) is -0.467. The molecule has 0 bridgehead atoms. The summed E-state index contributed by atoms with van der Waals surface area (Å²) in [6.45, 7) is 5.38. The van der Waals surface area contributed by atoms with E-state index in [1.165, 1.54) is 89.2 Å². The maximum Gasteiger partial charge on any atom is 0.346 e. The number of carbonyl (C=O) groups excluding carboxylic acids is 1. The molecule has 0 saturated heterocycles. The molecular formula is C35H50F2O4. The average Bonchev–Trinajstić information content (AvgIpc) is 2.98. The zero-order valence-electron chi connectivity index (χ0n) is 25.2. The van der Waals surface area contributed by atoms with Gasteiger partial charge in [-0.3, -0.25) is 0 Å². The minimum absolute atomic E-state index is 0.190. The molecule has 3 rings (SSSR count). The third kappa shape index (κ3) is 11.3. The summed E-state index contributed by atoms with van der Waals surface area (Å²) >= 11 is 0. The van der Waals surface area contributed by atoms with E-state index in [4.69, 9.17) is 14.2 Å². The molecule has 1 aliphatic carbocycles. The third-order valence-electron chi connectivity index (χ3n) is 8.29. The molecule has 0 aliphatic heterocycles. The highest BCUT2D eigenvalue weighted by Gasteiger charge is 2.24. The summed E-state index contributed by atoms with van der Waals surface area (Å²) in [6.07, 6.45) is 19.4. The molecule has 0 spiro atoms. The zero-order chi connectivity index (χ0) is 29.3. The SMILES string of the molecule is CCCCCCCCOc1ccc(C(=O)Oc2ccc(OCCCC3CCCCC3CCCCC)cc2)c(F)c1F. The first-order chi connectivity index (χ1) is 20.0. The monoisotopic (exact) mass is 572 g/mol. The predicted molar refractivity (Wildman–Crippen MR) is 161 cm³/mol. The van der Waals surface area contributed by atoms with Gasteiger partial charge in [-0.2, -0.15) is 4.39 Å². The van der Waals surface area contributed by atoms with E-state index in [1.807, 2.05) is 0 Å². The van der Waals surface area contributed by atoms with Crippen LogP contribution in [0.1, 0.15) is 127 Å². The fraction of sp³-hybridized carbons (Fsp3) is 0.629. The Hall–Kier alpha value is -2.63. The number of hydrogen-bond donors (Lipinski definition) is 0.